The third-order valence-corrected chi connectivity index (χ3v) is 30.4. The number of aliphatic hydroxyl groups excluding tert-OH is 1. The molecule has 127 heavy (non-hydrogen) atoms. The van der Waals surface area contributed by atoms with E-state index >= 15 is 0 Å². The van der Waals surface area contributed by atoms with Crippen molar-refractivity contribution < 1.29 is 112 Å². The van der Waals surface area contributed by atoms with Gasteiger partial charge >= 0.3 is 5.97 Å². The summed E-state index contributed by atoms with van der Waals surface area (Å²) in [5.41, 5.74) is 33.4. The van der Waals surface area contributed by atoms with Crippen LogP contribution in [0.4, 0.5) is 0 Å². The third-order valence-electron chi connectivity index (χ3n) is 18.2. The molecule has 0 aromatic carbocycles. The van der Waals surface area contributed by atoms with Crippen molar-refractivity contribution >= 4 is 141 Å². The average Bonchev–Trinajstić information content (AvgIpc) is 0.826. The van der Waals surface area contributed by atoms with Crippen molar-refractivity contribution in [3.05, 3.63) is 0 Å². The Bertz CT molecular complexity index is 4430. The number of nitrogens with two attached hydrogens (primary N) is 6. The Kier molecular flexibility index (Phi) is 54.2. The lowest BCUT2D eigenvalue weighted by molar-refractivity contribution is -0.137. The molecule has 8 atom stereocenters. The maximum absolute atomic E-state index is 14.4. The van der Waals surface area contributed by atoms with Crippen LogP contribution in [0.5, 0.6) is 0 Å². The van der Waals surface area contributed by atoms with Crippen LogP contribution in [0.1, 0.15) is 127 Å². The van der Waals surface area contributed by atoms with Crippen LogP contribution in [0.25, 0.3) is 0 Å². The summed E-state index contributed by atoms with van der Waals surface area (Å²) in [6, 6.07) is -8.89. The van der Waals surface area contributed by atoms with Crippen molar-refractivity contribution in [3.8, 4) is 0 Å². The Morgan fingerprint density at radius 3 is 0.937 bits per heavy atom. The molecule has 0 aliphatic heterocycles. The summed E-state index contributed by atoms with van der Waals surface area (Å²) in [7, 11) is -31.1. The van der Waals surface area contributed by atoms with Crippen molar-refractivity contribution in [2.24, 2.45) is 52.2 Å². The number of aliphatic hydroxyl groups is 1. The number of carboxylic acids is 1. The minimum atomic E-state index is -4.62. The molecule has 0 saturated heterocycles. The Morgan fingerprint density at radius 2 is 0.646 bits per heavy atom. The molecule has 0 aromatic heterocycles. The molecule has 0 aliphatic carbocycles. The van der Waals surface area contributed by atoms with E-state index in [1.54, 1.807) is 27.7 Å². The molecule has 0 heterocycles. The number of ketones is 1. The third kappa shape index (κ3) is 52.8. The van der Waals surface area contributed by atoms with Crippen molar-refractivity contribution in [1.82, 2.24) is 83.3 Å². The zero-order valence-electron chi connectivity index (χ0n) is 74.6. The molecule has 0 spiro atoms. The first-order valence-electron chi connectivity index (χ1n) is 40.9. The molecule has 0 aliphatic rings. The average molecular weight is 1960 g/mol. The van der Waals surface area contributed by atoms with Crippen molar-refractivity contribution in [2.45, 2.75) is 175 Å². The van der Waals surface area contributed by atoms with Gasteiger partial charge in [0.2, 0.25) is 112 Å². The number of sulfonamides is 7. The van der Waals surface area contributed by atoms with Crippen molar-refractivity contribution in [1.29, 1.82) is 16.2 Å². The number of hydrogen-bond acceptors (Lipinski definition) is 30. The Balaban J connectivity index is 7.43. The number of amides is 7. The van der Waals surface area contributed by atoms with Gasteiger partial charge in [0.1, 0.15) is 5.78 Å². The second kappa shape index (κ2) is 57.6. The van der Waals surface area contributed by atoms with Gasteiger partial charge in [0, 0.05) is 135 Å². The van der Waals surface area contributed by atoms with Gasteiger partial charge < -0.3 is 97.8 Å². The Hall–Kier alpha value is -7.55. The minimum absolute atomic E-state index is 0.0135. The zero-order valence-corrected chi connectivity index (χ0v) is 80.3. The van der Waals surface area contributed by atoms with E-state index in [4.69, 9.17) is 50.6 Å². The molecule has 740 valence electrons. The number of carboxylic acid groups (broad SMARTS) is 1. The SMILES string of the molecule is CC(=O)CN(C[C@H](CCCNC(=N)N)NC(=O)CN(C[C@H](C)NC(=O)CN(C[C@@H](NC(=O)CN(C[C@H](CC(C)C)NC(=O)CN(C[C@H](CCCNC(=N)N)NC(=O)CN(C[C@H](CCCNC(=N)N)NC(=O)CN(C[C@H](CCC(=O)O)NC(C)=O)S(=O)(=O)CCN)S(C)(=O)=O)S(C)(=O)=O)S(=O)(=O)CCN)C(C)O)S(=O)(=O)CC(C)C)S(=O)(=O)CCN)S(=O)(=O)CC(C)C. The highest BCUT2D eigenvalue weighted by molar-refractivity contribution is 7.90. The first kappa shape index (κ1) is 119. The number of nitrogens with zero attached hydrogens (tertiary/aromatic N) is 7. The molecule has 0 saturated carbocycles. The van der Waals surface area contributed by atoms with E-state index in [1.807, 2.05) is 0 Å². The molecule has 0 radical (unpaired) electrons. The van der Waals surface area contributed by atoms with Gasteiger partial charge in [-0.1, -0.05) is 41.5 Å². The normalized spacial score (nSPS) is 14.6. The monoisotopic (exact) mass is 1960 g/mol. The van der Waals surface area contributed by atoms with Gasteiger partial charge in [-0.25, -0.2) is 58.9 Å². The summed E-state index contributed by atoms with van der Waals surface area (Å²) in [5.74, 6) is -14.7. The van der Waals surface area contributed by atoms with Crippen LogP contribution < -0.4 is 87.6 Å². The van der Waals surface area contributed by atoms with Crippen LogP contribution in [0.3, 0.4) is 0 Å². The van der Waals surface area contributed by atoms with E-state index in [2.05, 4.69) is 53.2 Å². The molecule has 1 unspecified atom stereocenters. The molecule has 58 heteroatoms. The molecule has 7 amide bonds. The molecule has 0 fully saturated rings. The number of guanidine groups is 3. The number of carbonyl (C=O) groups is 9. The fraction of sp³-hybridized carbons (Fsp3) is 0.826. The fourth-order valence-corrected chi connectivity index (χ4v) is 21.9. The van der Waals surface area contributed by atoms with Crippen LogP contribution in [0, 0.1) is 34.0 Å². The molecule has 27 N–H and O–H groups in total. The van der Waals surface area contributed by atoms with Gasteiger partial charge in [0.05, 0.1) is 99.2 Å². The molecule has 0 aromatic rings. The second-order valence-electron chi connectivity index (χ2n) is 32.3. The van der Waals surface area contributed by atoms with Crippen LogP contribution in [-0.2, 0) is 113 Å². The summed E-state index contributed by atoms with van der Waals surface area (Å²) in [4.78, 5) is 121. The molecular formula is C69H142N26O25S7. The topological polar surface area (TPSA) is 804 Å². The predicted molar refractivity (Wildman–Crippen MR) is 477 cm³/mol. The van der Waals surface area contributed by atoms with E-state index in [9.17, 15) is 112 Å². The van der Waals surface area contributed by atoms with Gasteiger partial charge in [-0.15, -0.1) is 0 Å². The summed E-state index contributed by atoms with van der Waals surface area (Å²) in [5, 5.41) is 68.8. The van der Waals surface area contributed by atoms with Gasteiger partial charge in [0.15, 0.2) is 17.9 Å². The first-order valence-corrected chi connectivity index (χ1v) is 52.7. The standard InChI is InChI=1S/C69H142N26O25S7/c1-47(2)30-58(87-62(101)40-90(122(12,109)110)33-54(16-13-24-79-67(73)74)84-61(100)39-89(121(11,107)108)34-55(17-14-25-80-68(75)76)85-64(103)43-93(124(113,114)28-22-71)36-57(83-53(10)98)19-20-66(105)106)37-94(125(115,116)29-23-72)44-65(104)88-59(52(9)97)38-95(127(119,120)46-49(5)6)41-60(99)82-50(7)31-91(123(111,112)27-21-70)42-63(102)86-56(18-15-26-81-69(77)78)35-92(32-51(8)96)126(117,118)45-48(3)4/h47-50,52,54-59,97H,13-46,70-72H2,1-12H3,(H,82,99)(H,83,98)(H,84,100)(H,85,103)(H,86,102)(H,87,101)(H,88,104)(H,105,106)(H4,73,74,79)(H4,75,76,80)(H4,77,78,81)/t50-,52?,54-,55-,56-,57-,58-,59+/m0/s1. The lowest BCUT2D eigenvalue weighted by atomic mass is 10.0. The lowest BCUT2D eigenvalue weighted by Gasteiger charge is -2.32. The van der Waals surface area contributed by atoms with Gasteiger partial charge in [0.25, 0.3) is 0 Å². The maximum Gasteiger partial charge on any atom is 0.303 e. The molecule has 0 bridgehead atoms. The molecule has 0 rings (SSSR count). The largest absolute Gasteiger partial charge is 0.481 e. The van der Waals surface area contributed by atoms with Crippen LogP contribution in [0.15, 0.2) is 0 Å². The van der Waals surface area contributed by atoms with Crippen molar-refractivity contribution in [3.63, 3.8) is 0 Å². The predicted octanol–water partition coefficient (Wildman–Crippen LogP) is -10.0. The van der Waals surface area contributed by atoms with E-state index in [0.717, 1.165) is 18.2 Å². The highest BCUT2D eigenvalue weighted by atomic mass is 32.2. The van der Waals surface area contributed by atoms with Crippen LogP contribution in [-0.4, -0.2) is 391 Å². The number of rotatable bonds is 70. The number of aliphatic carboxylic acids is 1. The second-order valence-corrected chi connectivity index (χ2v) is 46.5. The quantitative estimate of drug-likeness (QED) is 0.0153. The van der Waals surface area contributed by atoms with E-state index < -0.39 is 330 Å². The number of Topliss-reactive ketones (excluding diaryl/α,β-unsaturated/α-hetero) is 1. The number of nitrogens with one attached hydrogen (secondary N) is 13. The highest BCUT2D eigenvalue weighted by Crippen LogP contribution is 2.18. The summed E-state index contributed by atoms with van der Waals surface area (Å²) in [6.45, 7) is 1.71. The van der Waals surface area contributed by atoms with E-state index in [-0.39, 0.29) is 94.5 Å². The summed E-state index contributed by atoms with van der Waals surface area (Å²) < 4.78 is 198. The smallest absolute Gasteiger partial charge is 0.303 e. The van der Waals surface area contributed by atoms with Crippen LogP contribution >= 0.6 is 0 Å². The van der Waals surface area contributed by atoms with Gasteiger partial charge in [-0.3, -0.25) is 59.4 Å². The fourth-order valence-electron chi connectivity index (χ4n) is 12.8. The van der Waals surface area contributed by atoms with Crippen LogP contribution in [0.2, 0.25) is 0 Å². The summed E-state index contributed by atoms with van der Waals surface area (Å²) in [6.07, 6.45) is -1.09. The maximum atomic E-state index is 14.4. The minimum Gasteiger partial charge on any atom is -0.481 e. The van der Waals surface area contributed by atoms with Gasteiger partial charge in [-0.2, -0.15) is 30.1 Å². The number of hydrogen-bond donors (Lipinski definition) is 21. The molecule has 51 nitrogen and oxygen atoms in total. The lowest BCUT2D eigenvalue weighted by Crippen LogP contribution is -2.57. The molecular weight excluding hydrogens is 1820 g/mol. The Labute approximate surface area is 748 Å². The highest BCUT2D eigenvalue weighted by Gasteiger charge is 2.38. The number of carbonyl (C=O) groups excluding carboxylic acids is 8. The van der Waals surface area contributed by atoms with E-state index in [1.165, 1.54) is 27.7 Å². The van der Waals surface area contributed by atoms with Gasteiger partial charge in [-0.05, 0) is 89.9 Å². The van der Waals surface area contributed by atoms with E-state index in [0.29, 0.717) is 38.3 Å². The van der Waals surface area contributed by atoms with Crippen molar-refractivity contribution in [2.75, 3.05) is 172 Å². The first-order chi connectivity index (χ1) is 58.4. The zero-order chi connectivity index (χ0) is 97.9. The Morgan fingerprint density at radius 1 is 0.362 bits per heavy atom. The summed E-state index contributed by atoms with van der Waals surface area (Å²) >= 11 is 0.